The van der Waals surface area contributed by atoms with Gasteiger partial charge in [0, 0.05) is 13.1 Å². The highest BCUT2D eigenvalue weighted by Crippen LogP contribution is 2.32. The Kier molecular flexibility index (Phi) is 4.66. The number of likely N-dealkylation sites (tertiary alicyclic amines) is 1. The average Bonchev–Trinajstić information content (AvgIpc) is 2.41. The molecule has 1 unspecified atom stereocenters. The molecule has 0 aromatic heterocycles. The molecule has 0 bridgehead atoms. The molecule has 4 nitrogen and oxygen atoms in total. The van der Waals surface area contributed by atoms with E-state index in [2.05, 4.69) is 11.9 Å². The van der Waals surface area contributed by atoms with Crippen molar-refractivity contribution in [1.29, 1.82) is 0 Å². The number of nitrogens with zero attached hydrogens (tertiary/aromatic N) is 1. The molecule has 0 saturated carbocycles. The number of rotatable bonds is 4. The number of methoxy groups -OCH3 is 1. The molecule has 1 aliphatic rings. The fourth-order valence-corrected chi connectivity index (χ4v) is 2.32. The predicted octanol–water partition coefficient (Wildman–Crippen LogP) is 2.22. The second kappa shape index (κ2) is 6.26. The monoisotopic (exact) mass is 265 g/mol. The van der Waals surface area contributed by atoms with Crippen molar-refractivity contribution in [1.82, 2.24) is 4.90 Å². The first-order valence-electron chi connectivity index (χ1n) is 6.81. The quantitative estimate of drug-likeness (QED) is 0.906. The van der Waals surface area contributed by atoms with Crippen LogP contribution >= 0.6 is 0 Å². The highest BCUT2D eigenvalue weighted by molar-refractivity contribution is 5.43. The standard InChI is InChI=1S/C15H23NO3/c1-11(17)12-4-5-14(15(10-12)18-3)19-13-6-8-16(2)9-7-13/h4-5,10-11,13,17H,6-9H2,1-3H3. The molecule has 4 heteroatoms. The number of piperidine rings is 1. The molecule has 1 N–H and O–H groups in total. The summed E-state index contributed by atoms with van der Waals surface area (Å²) in [7, 11) is 3.76. The smallest absolute Gasteiger partial charge is 0.161 e. The van der Waals surface area contributed by atoms with E-state index in [9.17, 15) is 5.11 Å². The predicted molar refractivity (Wildman–Crippen MR) is 74.8 cm³/mol. The molecule has 0 spiro atoms. The Bertz CT molecular complexity index is 412. The molecule has 1 fully saturated rings. The van der Waals surface area contributed by atoms with Crippen molar-refractivity contribution in [2.75, 3.05) is 27.2 Å². The minimum Gasteiger partial charge on any atom is -0.493 e. The van der Waals surface area contributed by atoms with Gasteiger partial charge in [-0.1, -0.05) is 6.07 Å². The van der Waals surface area contributed by atoms with Gasteiger partial charge in [0.05, 0.1) is 13.2 Å². The number of hydrogen-bond donors (Lipinski definition) is 1. The Morgan fingerprint density at radius 3 is 2.53 bits per heavy atom. The molecule has 1 aliphatic heterocycles. The Labute approximate surface area is 114 Å². The van der Waals surface area contributed by atoms with E-state index in [0.29, 0.717) is 5.75 Å². The maximum absolute atomic E-state index is 9.58. The molecule has 2 rings (SSSR count). The number of aliphatic hydroxyl groups is 1. The van der Waals surface area contributed by atoms with Gasteiger partial charge in [-0.2, -0.15) is 0 Å². The van der Waals surface area contributed by atoms with Crippen LogP contribution in [0.2, 0.25) is 0 Å². The average molecular weight is 265 g/mol. The summed E-state index contributed by atoms with van der Waals surface area (Å²) in [5.41, 5.74) is 0.840. The molecule has 1 aromatic rings. The summed E-state index contributed by atoms with van der Waals surface area (Å²) in [5, 5.41) is 9.58. The van der Waals surface area contributed by atoms with Crippen molar-refractivity contribution in [2.45, 2.75) is 32.0 Å². The zero-order valence-electron chi connectivity index (χ0n) is 11.9. The Balaban J connectivity index is 2.07. The van der Waals surface area contributed by atoms with Crippen LogP contribution in [0, 0.1) is 0 Å². The molecule has 0 radical (unpaired) electrons. The van der Waals surface area contributed by atoms with Gasteiger partial charge in [-0.15, -0.1) is 0 Å². The van der Waals surface area contributed by atoms with Crippen LogP contribution in [-0.2, 0) is 0 Å². The van der Waals surface area contributed by atoms with E-state index >= 15 is 0 Å². The Morgan fingerprint density at radius 1 is 1.26 bits per heavy atom. The maximum atomic E-state index is 9.58. The fraction of sp³-hybridized carbons (Fsp3) is 0.600. The van der Waals surface area contributed by atoms with Crippen LogP contribution in [-0.4, -0.2) is 43.4 Å². The summed E-state index contributed by atoms with van der Waals surface area (Å²) >= 11 is 0. The van der Waals surface area contributed by atoms with E-state index in [0.717, 1.165) is 37.2 Å². The van der Waals surface area contributed by atoms with Crippen molar-refractivity contribution in [3.05, 3.63) is 23.8 Å². The summed E-state index contributed by atoms with van der Waals surface area (Å²) in [4.78, 5) is 2.31. The van der Waals surface area contributed by atoms with Gasteiger partial charge < -0.3 is 19.5 Å². The Hall–Kier alpha value is -1.26. The van der Waals surface area contributed by atoms with E-state index in [4.69, 9.17) is 9.47 Å². The first kappa shape index (κ1) is 14.2. The van der Waals surface area contributed by atoms with Gasteiger partial charge in [-0.3, -0.25) is 0 Å². The normalized spacial score (nSPS) is 19.2. The summed E-state index contributed by atoms with van der Waals surface area (Å²) in [6.45, 7) is 3.88. The van der Waals surface area contributed by atoms with Crippen LogP contribution < -0.4 is 9.47 Å². The number of hydrogen-bond acceptors (Lipinski definition) is 4. The molecule has 1 heterocycles. The van der Waals surface area contributed by atoms with Gasteiger partial charge in [0.2, 0.25) is 0 Å². The summed E-state index contributed by atoms with van der Waals surface area (Å²) < 4.78 is 11.4. The summed E-state index contributed by atoms with van der Waals surface area (Å²) in [6, 6.07) is 5.62. The van der Waals surface area contributed by atoms with Crippen molar-refractivity contribution in [3.8, 4) is 11.5 Å². The minimum absolute atomic E-state index is 0.252. The van der Waals surface area contributed by atoms with E-state index in [1.165, 1.54) is 0 Å². The minimum atomic E-state index is -0.494. The third-order valence-corrected chi connectivity index (χ3v) is 3.63. The first-order chi connectivity index (χ1) is 9.10. The van der Waals surface area contributed by atoms with Gasteiger partial charge in [-0.25, -0.2) is 0 Å². The van der Waals surface area contributed by atoms with Crippen LogP contribution in [0.15, 0.2) is 18.2 Å². The molecule has 106 valence electrons. The molecular formula is C15H23NO3. The van der Waals surface area contributed by atoms with Gasteiger partial charge in [0.1, 0.15) is 6.10 Å². The molecule has 1 atom stereocenters. The molecule has 1 saturated heterocycles. The van der Waals surface area contributed by atoms with Gasteiger partial charge in [-0.05, 0) is 44.5 Å². The lowest BCUT2D eigenvalue weighted by atomic mass is 10.1. The van der Waals surface area contributed by atoms with Crippen molar-refractivity contribution in [2.24, 2.45) is 0 Å². The van der Waals surface area contributed by atoms with Crippen LogP contribution in [0.4, 0.5) is 0 Å². The van der Waals surface area contributed by atoms with Gasteiger partial charge >= 0.3 is 0 Å². The van der Waals surface area contributed by atoms with Crippen molar-refractivity contribution < 1.29 is 14.6 Å². The molecule has 1 aromatic carbocycles. The van der Waals surface area contributed by atoms with Crippen molar-refractivity contribution >= 4 is 0 Å². The second-order valence-electron chi connectivity index (χ2n) is 5.21. The zero-order valence-corrected chi connectivity index (χ0v) is 11.9. The topological polar surface area (TPSA) is 41.9 Å². The van der Waals surface area contributed by atoms with Gasteiger partial charge in [0.15, 0.2) is 11.5 Å². The highest BCUT2D eigenvalue weighted by Gasteiger charge is 2.19. The van der Waals surface area contributed by atoms with Crippen LogP contribution in [0.25, 0.3) is 0 Å². The summed E-state index contributed by atoms with van der Waals surface area (Å²) in [6.07, 6.45) is 1.84. The fourth-order valence-electron chi connectivity index (χ4n) is 2.32. The maximum Gasteiger partial charge on any atom is 0.161 e. The lowest BCUT2D eigenvalue weighted by Gasteiger charge is -2.29. The third-order valence-electron chi connectivity index (χ3n) is 3.63. The SMILES string of the molecule is COc1cc(C(C)O)ccc1OC1CCN(C)CC1. The van der Waals surface area contributed by atoms with E-state index in [1.807, 2.05) is 18.2 Å². The lowest BCUT2D eigenvalue weighted by Crippen LogP contribution is -2.35. The number of ether oxygens (including phenoxy) is 2. The van der Waals surface area contributed by atoms with Crippen LogP contribution in [0.1, 0.15) is 31.4 Å². The van der Waals surface area contributed by atoms with Gasteiger partial charge in [0.25, 0.3) is 0 Å². The third kappa shape index (κ3) is 3.61. The summed E-state index contributed by atoms with van der Waals surface area (Å²) in [5.74, 6) is 1.46. The molecule has 0 amide bonds. The van der Waals surface area contributed by atoms with Crippen LogP contribution in [0.5, 0.6) is 11.5 Å². The molecule has 0 aliphatic carbocycles. The molecule has 19 heavy (non-hydrogen) atoms. The lowest BCUT2D eigenvalue weighted by molar-refractivity contribution is 0.111. The highest BCUT2D eigenvalue weighted by atomic mass is 16.5. The largest absolute Gasteiger partial charge is 0.493 e. The van der Waals surface area contributed by atoms with Crippen molar-refractivity contribution in [3.63, 3.8) is 0 Å². The second-order valence-corrected chi connectivity index (χ2v) is 5.21. The molecular weight excluding hydrogens is 242 g/mol. The first-order valence-corrected chi connectivity index (χ1v) is 6.81. The van der Waals surface area contributed by atoms with E-state index in [1.54, 1.807) is 14.0 Å². The zero-order chi connectivity index (χ0) is 13.8. The van der Waals surface area contributed by atoms with E-state index in [-0.39, 0.29) is 6.10 Å². The van der Waals surface area contributed by atoms with Crippen LogP contribution in [0.3, 0.4) is 0 Å². The van der Waals surface area contributed by atoms with E-state index < -0.39 is 6.10 Å². The Morgan fingerprint density at radius 2 is 1.95 bits per heavy atom. The number of aliphatic hydroxyl groups excluding tert-OH is 1. The number of benzene rings is 1.